The average molecular weight is 244 g/mol. The van der Waals surface area contributed by atoms with Gasteiger partial charge in [-0.1, -0.05) is 38.5 Å². The standard InChI is InChI=1S/C16H20O2/c1-3-5-6-7-8-9-15-12-13-16(18-15)11-10-14(17)4-2/h2,12-14,17H,3,5-9H2,1H3. The van der Waals surface area contributed by atoms with Gasteiger partial charge in [-0.15, -0.1) is 6.42 Å². The summed E-state index contributed by atoms with van der Waals surface area (Å²) in [6.45, 7) is 2.21. The molecule has 2 nitrogen and oxygen atoms in total. The van der Waals surface area contributed by atoms with E-state index in [1.807, 2.05) is 12.1 Å². The van der Waals surface area contributed by atoms with Crippen molar-refractivity contribution >= 4 is 0 Å². The van der Waals surface area contributed by atoms with E-state index in [0.717, 1.165) is 18.6 Å². The van der Waals surface area contributed by atoms with Crippen molar-refractivity contribution in [2.45, 2.75) is 51.6 Å². The topological polar surface area (TPSA) is 33.4 Å². The minimum atomic E-state index is -1.02. The highest BCUT2D eigenvalue weighted by molar-refractivity contribution is 5.30. The maximum Gasteiger partial charge on any atom is 0.177 e. The van der Waals surface area contributed by atoms with Gasteiger partial charge in [0, 0.05) is 6.42 Å². The lowest BCUT2D eigenvalue weighted by molar-refractivity contribution is 0.290. The van der Waals surface area contributed by atoms with E-state index >= 15 is 0 Å². The third kappa shape index (κ3) is 5.62. The molecule has 1 heterocycles. The van der Waals surface area contributed by atoms with Crippen molar-refractivity contribution in [1.82, 2.24) is 0 Å². The molecule has 1 aromatic rings. The van der Waals surface area contributed by atoms with Crippen molar-refractivity contribution in [2.75, 3.05) is 0 Å². The lowest BCUT2D eigenvalue weighted by Gasteiger charge is -1.97. The predicted molar refractivity (Wildman–Crippen MR) is 72.9 cm³/mol. The van der Waals surface area contributed by atoms with Crippen molar-refractivity contribution < 1.29 is 9.52 Å². The van der Waals surface area contributed by atoms with Crippen LogP contribution in [0.1, 0.15) is 50.5 Å². The summed E-state index contributed by atoms with van der Waals surface area (Å²) in [5.74, 6) is 8.89. The van der Waals surface area contributed by atoms with Crippen LogP contribution in [0.3, 0.4) is 0 Å². The fourth-order valence-electron chi connectivity index (χ4n) is 1.66. The first-order valence-corrected chi connectivity index (χ1v) is 6.50. The smallest absolute Gasteiger partial charge is 0.177 e. The number of furan rings is 1. The van der Waals surface area contributed by atoms with Crippen molar-refractivity contribution in [2.24, 2.45) is 0 Å². The average Bonchev–Trinajstić information content (AvgIpc) is 2.83. The van der Waals surface area contributed by atoms with Gasteiger partial charge < -0.3 is 9.52 Å². The molecule has 0 spiro atoms. The first-order chi connectivity index (χ1) is 8.76. The summed E-state index contributed by atoms with van der Waals surface area (Å²) in [6, 6.07) is 3.75. The molecular weight excluding hydrogens is 224 g/mol. The van der Waals surface area contributed by atoms with Crippen LogP contribution in [0.2, 0.25) is 0 Å². The molecule has 96 valence electrons. The number of hydrogen-bond acceptors (Lipinski definition) is 2. The first-order valence-electron chi connectivity index (χ1n) is 6.50. The molecule has 0 amide bonds. The van der Waals surface area contributed by atoms with E-state index in [9.17, 15) is 0 Å². The maximum absolute atomic E-state index is 9.10. The Bertz CT molecular complexity index is 440. The van der Waals surface area contributed by atoms with Crippen LogP contribution in [-0.4, -0.2) is 11.2 Å². The van der Waals surface area contributed by atoms with E-state index in [0.29, 0.717) is 5.76 Å². The van der Waals surface area contributed by atoms with Gasteiger partial charge >= 0.3 is 0 Å². The fourth-order valence-corrected chi connectivity index (χ4v) is 1.66. The van der Waals surface area contributed by atoms with E-state index < -0.39 is 6.10 Å². The Labute approximate surface area is 109 Å². The quantitative estimate of drug-likeness (QED) is 0.616. The summed E-state index contributed by atoms with van der Waals surface area (Å²) in [5, 5.41) is 9.10. The summed E-state index contributed by atoms with van der Waals surface area (Å²) < 4.78 is 5.53. The SMILES string of the molecule is C#CC(O)C#Cc1ccc(CCCCCCC)o1. The van der Waals surface area contributed by atoms with E-state index in [1.54, 1.807) is 0 Å². The van der Waals surface area contributed by atoms with Gasteiger partial charge in [0.1, 0.15) is 5.76 Å². The van der Waals surface area contributed by atoms with Gasteiger partial charge in [0.25, 0.3) is 0 Å². The van der Waals surface area contributed by atoms with Crippen LogP contribution >= 0.6 is 0 Å². The molecule has 1 N–H and O–H groups in total. The van der Waals surface area contributed by atoms with Crippen molar-refractivity contribution in [3.8, 4) is 24.2 Å². The Morgan fingerprint density at radius 2 is 2.06 bits per heavy atom. The second-order valence-electron chi connectivity index (χ2n) is 4.27. The summed E-state index contributed by atoms with van der Waals surface area (Å²) in [6.07, 6.45) is 11.2. The van der Waals surface area contributed by atoms with Gasteiger partial charge in [0.05, 0.1) is 0 Å². The van der Waals surface area contributed by atoms with Gasteiger partial charge in [0.15, 0.2) is 11.9 Å². The van der Waals surface area contributed by atoms with Gasteiger partial charge in [0.2, 0.25) is 0 Å². The molecule has 0 fully saturated rings. The zero-order valence-electron chi connectivity index (χ0n) is 10.9. The summed E-state index contributed by atoms with van der Waals surface area (Å²) in [7, 11) is 0. The van der Waals surface area contributed by atoms with Crippen LogP contribution in [0.4, 0.5) is 0 Å². The second kappa shape index (κ2) is 8.45. The third-order valence-electron chi connectivity index (χ3n) is 2.68. The highest BCUT2D eigenvalue weighted by atomic mass is 16.3. The summed E-state index contributed by atoms with van der Waals surface area (Å²) in [4.78, 5) is 0. The van der Waals surface area contributed by atoms with Gasteiger partial charge in [-0.25, -0.2) is 0 Å². The minimum absolute atomic E-state index is 0.563. The zero-order valence-corrected chi connectivity index (χ0v) is 10.9. The third-order valence-corrected chi connectivity index (χ3v) is 2.68. The lowest BCUT2D eigenvalue weighted by Crippen LogP contribution is -1.96. The fraction of sp³-hybridized carbons (Fsp3) is 0.500. The number of rotatable bonds is 6. The molecule has 0 aliphatic rings. The molecule has 1 atom stereocenters. The number of aliphatic hydroxyl groups is 1. The van der Waals surface area contributed by atoms with Crippen molar-refractivity contribution in [1.29, 1.82) is 0 Å². The zero-order chi connectivity index (χ0) is 13.2. The molecule has 1 unspecified atom stereocenters. The molecular formula is C16H20O2. The van der Waals surface area contributed by atoms with E-state index in [-0.39, 0.29) is 0 Å². The van der Waals surface area contributed by atoms with Crippen molar-refractivity contribution in [3.63, 3.8) is 0 Å². The maximum atomic E-state index is 9.10. The van der Waals surface area contributed by atoms with E-state index in [1.165, 1.54) is 25.7 Å². The first kappa shape index (κ1) is 14.4. The predicted octanol–water partition coefficient (Wildman–Crippen LogP) is 3.14. The summed E-state index contributed by atoms with van der Waals surface area (Å²) in [5.41, 5.74) is 0. The number of hydrogen-bond donors (Lipinski definition) is 1. The Morgan fingerprint density at radius 3 is 2.78 bits per heavy atom. The van der Waals surface area contributed by atoms with Crippen molar-refractivity contribution in [3.05, 3.63) is 23.7 Å². The molecule has 0 aliphatic heterocycles. The molecule has 1 rings (SSSR count). The van der Waals surface area contributed by atoms with Crippen LogP contribution < -0.4 is 0 Å². The van der Waals surface area contributed by atoms with Crippen LogP contribution in [0.15, 0.2) is 16.5 Å². The van der Waals surface area contributed by atoms with E-state index in [4.69, 9.17) is 15.9 Å². The second-order valence-corrected chi connectivity index (χ2v) is 4.27. The number of aliphatic hydroxyl groups excluding tert-OH is 1. The lowest BCUT2D eigenvalue weighted by atomic mass is 10.1. The number of terminal acetylenes is 1. The van der Waals surface area contributed by atoms with Crippen LogP contribution in [0.25, 0.3) is 0 Å². The normalized spacial score (nSPS) is 11.4. The Balaban J connectivity index is 2.34. The minimum Gasteiger partial charge on any atom is -0.453 e. The largest absolute Gasteiger partial charge is 0.453 e. The molecule has 0 aromatic carbocycles. The Morgan fingerprint density at radius 1 is 1.28 bits per heavy atom. The van der Waals surface area contributed by atoms with Gasteiger partial charge in [-0.3, -0.25) is 0 Å². The number of unbranched alkanes of at least 4 members (excludes halogenated alkanes) is 4. The molecule has 0 saturated heterocycles. The Hall–Kier alpha value is -1.64. The molecule has 2 heteroatoms. The molecule has 0 saturated carbocycles. The molecule has 18 heavy (non-hydrogen) atoms. The molecule has 1 aromatic heterocycles. The summed E-state index contributed by atoms with van der Waals surface area (Å²) >= 11 is 0. The highest BCUT2D eigenvalue weighted by Crippen LogP contribution is 2.12. The molecule has 0 bridgehead atoms. The van der Waals surface area contributed by atoms with Crippen LogP contribution in [0, 0.1) is 24.2 Å². The molecule has 0 aliphatic carbocycles. The highest BCUT2D eigenvalue weighted by Gasteiger charge is 2.00. The monoisotopic (exact) mass is 244 g/mol. The Kier molecular flexibility index (Phi) is 6.77. The van der Waals surface area contributed by atoms with Crippen LogP contribution in [0.5, 0.6) is 0 Å². The van der Waals surface area contributed by atoms with E-state index in [2.05, 4.69) is 24.7 Å². The number of aryl methyl sites for hydroxylation is 1. The molecule has 0 radical (unpaired) electrons. The van der Waals surface area contributed by atoms with Gasteiger partial charge in [-0.05, 0) is 30.4 Å². The van der Waals surface area contributed by atoms with Crippen LogP contribution in [-0.2, 0) is 6.42 Å². The van der Waals surface area contributed by atoms with Gasteiger partial charge in [-0.2, -0.15) is 0 Å².